The molecule has 1 atom stereocenters. The third kappa shape index (κ3) is 1.98. The quantitative estimate of drug-likeness (QED) is 0.789. The zero-order chi connectivity index (χ0) is 12.4. The van der Waals surface area contributed by atoms with Crippen molar-refractivity contribution < 1.29 is 5.11 Å². The number of rotatable bonds is 3. The lowest BCUT2D eigenvalue weighted by Crippen LogP contribution is -2.29. The number of fused-ring (bicyclic) bond motifs is 1. The fourth-order valence-corrected chi connectivity index (χ4v) is 2.01. The van der Waals surface area contributed by atoms with E-state index in [1.54, 1.807) is 0 Å². The van der Waals surface area contributed by atoms with Crippen molar-refractivity contribution >= 4 is 23.4 Å². The number of nitrogens with zero attached hydrogens (tertiary/aromatic N) is 3. The summed E-state index contributed by atoms with van der Waals surface area (Å²) in [4.78, 5) is 23.0. The minimum atomic E-state index is -0.336. The first-order valence-corrected chi connectivity index (χ1v) is 5.66. The molecule has 0 aliphatic carbocycles. The monoisotopic (exact) mass is 252 g/mol. The molecule has 0 fully saturated rings. The molecule has 0 aromatic carbocycles. The average Bonchev–Trinajstić information content (AvgIpc) is 2.34. The summed E-state index contributed by atoms with van der Waals surface area (Å²) < 4.78 is 1.61. The normalized spacial score (nSPS) is 12.8. The van der Waals surface area contributed by atoms with Crippen molar-refractivity contribution in [3.8, 4) is 0 Å². The van der Waals surface area contributed by atoms with Gasteiger partial charge in [-0.05, 0) is 18.6 Å². The summed E-state index contributed by atoms with van der Waals surface area (Å²) in [5.74, 6) is 0. The number of aliphatic hydroxyl groups is 1. The highest BCUT2D eigenvalue weighted by Crippen LogP contribution is 2.09. The van der Waals surface area contributed by atoms with Crippen LogP contribution in [0.5, 0.6) is 0 Å². The van der Waals surface area contributed by atoms with Crippen LogP contribution in [0, 0.1) is 4.77 Å². The molecular formula is C10H12N4O2S. The smallest absolute Gasteiger partial charge is 0.282 e. The molecule has 2 N–H and O–H groups in total. The fourth-order valence-electron chi connectivity index (χ4n) is 1.68. The van der Waals surface area contributed by atoms with Crippen LogP contribution in [0.1, 0.15) is 19.4 Å². The van der Waals surface area contributed by atoms with E-state index in [1.165, 1.54) is 17.0 Å². The molecule has 0 saturated carbocycles. The van der Waals surface area contributed by atoms with Gasteiger partial charge < -0.3 is 10.1 Å². The molecule has 0 saturated heterocycles. The number of H-pyrrole nitrogens is 1. The van der Waals surface area contributed by atoms with E-state index >= 15 is 0 Å². The van der Waals surface area contributed by atoms with Crippen molar-refractivity contribution in [3.63, 3.8) is 0 Å². The third-order valence-electron chi connectivity index (χ3n) is 2.61. The van der Waals surface area contributed by atoms with Crippen LogP contribution in [0.15, 0.2) is 17.2 Å². The predicted octanol–water partition coefficient (Wildman–Crippen LogP) is 0.792. The topological polar surface area (TPSA) is 83.8 Å². The Morgan fingerprint density at radius 1 is 1.53 bits per heavy atom. The molecule has 6 nitrogen and oxygen atoms in total. The zero-order valence-electron chi connectivity index (χ0n) is 9.25. The molecule has 0 aliphatic heterocycles. The summed E-state index contributed by atoms with van der Waals surface area (Å²) in [6.07, 6.45) is 3.55. The second kappa shape index (κ2) is 4.72. The summed E-state index contributed by atoms with van der Waals surface area (Å²) in [6, 6.07) is -0.336. The fraction of sp³-hybridized carbons (Fsp3) is 0.400. The van der Waals surface area contributed by atoms with E-state index in [-0.39, 0.29) is 28.5 Å². The molecule has 0 amide bonds. The number of aromatic nitrogens is 4. The maximum absolute atomic E-state index is 12.2. The van der Waals surface area contributed by atoms with Gasteiger partial charge >= 0.3 is 0 Å². The lowest BCUT2D eigenvalue weighted by atomic mass is 10.2. The largest absolute Gasteiger partial charge is 0.394 e. The van der Waals surface area contributed by atoms with E-state index in [1.807, 2.05) is 6.92 Å². The Morgan fingerprint density at radius 2 is 2.24 bits per heavy atom. The molecule has 0 radical (unpaired) electrons. The lowest BCUT2D eigenvalue weighted by Gasteiger charge is -2.15. The number of aromatic amines is 1. The minimum absolute atomic E-state index is 0.139. The molecule has 7 heteroatoms. The van der Waals surface area contributed by atoms with Gasteiger partial charge in [0.05, 0.1) is 12.6 Å². The maximum atomic E-state index is 12.2. The second-order valence-electron chi connectivity index (χ2n) is 3.60. The lowest BCUT2D eigenvalue weighted by molar-refractivity contribution is 0.220. The Labute approximate surface area is 102 Å². The van der Waals surface area contributed by atoms with E-state index in [4.69, 9.17) is 12.2 Å². The van der Waals surface area contributed by atoms with E-state index in [0.29, 0.717) is 12.1 Å². The molecule has 0 bridgehead atoms. The number of hydrogen-bond donors (Lipinski definition) is 2. The average molecular weight is 252 g/mol. The van der Waals surface area contributed by atoms with E-state index in [2.05, 4.69) is 15.0 Å². The van der Waals surface area contributed by atoms with E-state index in [0.717, 1.165) is 0 Å². The third-order valence-corrected chi connectivity index (χ3v) is 2.91. The standard InChI is InChI=1S/C10H12N4O2S/c1-2-6(5-15)14-9(16)7-8(13-10(14)17)12-4-3-11-7/h3-4,6,15H,2,5H2,1H3,(H,12,13,17). The molecular weight excluding hydrogens is 240 g/mol. The second-order valence-corrected chi connectivity index (χ2v) is 3.99. The summed E-state index contributed by atoms with van der Waals surface area (Å²) in [5, 5.41) is 9.24. The van der Waals surface area contributed by atoms with Crippen LogP contribution in [-0.2, 0) is 0 Å². The first-order chi connectivity index (χ1) is 8.19. The van der Waals surface area contributed by atoms with Gasteiger partial charge in [-0.15, -0.1) is 0 Å². The molecule has 2 aromatic rings. The Balaban J connectivity index is 2.81. The van der Waals surface area contributed by atoms with Crippen molar-refractivity contribution in [3.05, 3.63) is 27.5 Å². The number of hydrogen-bond acceptors (Lipinski definition) is 5. The Bertz CT molecular complexity index is 645. The summed E-state index contributed by atoms with van der Waals surface area (Å²) in [7, 11) is 0. The first kappa shape index (κ1) is 11.9. The summed E-state index contributed by atoms with van der Waals surface area (Å²) in [5.41, 5.74) is 0.275. The van der Waals surface area contributed by atoms with Crippen molar-refractivity contribution in [2.75, 3.05) is 6.61 Å². The molecule has 2 heterocycles. The van der Waals surface area contributed by atoms with Gasteiger partial charge in [0.1, 0.15) is 0 Å². The highest BCUT2D eigenvalue weighted by atomic mass is 32.1. The predicted molar refractivity (Wildman–Crippen MR) is 65.4 cm³/mol. The van der Waals surface area contributed by atoms with Crippen LogP contribution in [-0.4, -0.2) is 31.2 Å². The Morgan fingerprint density at radius 3 is 2.88 bits per heavy atom. The zero-order valence-corrected chi connectivity index (χ0v) is 10.1. The Hall–Kier alpha value is -1.60. The molecule has 2 aromatic heterocycles. The van der Waals surface area contributed by atoms with Gasteiger partial charge in [0.25, 0.3) is 5.56 Å². The molecule has 90 valence electrons. The van der Waals surface area contributed by atoms with Crippen LogP contribution < -0.4 is 5.56 Å². The van der Waals surface area contributed by atoms with Crippen LogP contribution >= 0.6 is 12.2 Å². The van der Waals surface area contributed by atoms with Crippen LogP contribution in [0.2, 0.25) is 0 Å². The highest BCUT2D eigenvalue weighted by molar-refractivity contribution is 7.71. The van der Waals surface area contributed by atoms with Crippen molar-refractivity contribution in [1.29, 1.82) is 0 Å². The molecule has 0 aliphatic rings. The summed E-state index contributed by atoms with van der Waals surface area (Å²) >= 11 is 5.10. The Kier molecular flexibility index (Phi) is 3.30. The van der Waals surface area contributed by atoms with Gasteiger partial charge in [-0.25, -0.2) is 9.97 Å². The van der Waals surface area contributed by atoms with Gasteiger partial charge in [0.2, 0.25) is 0 Å². The van der Waals surface area contributed by atoms with Gasteiger partial charge in [-0.3, -0.25) is 9.36 Å². The maximum Gasteiger partial charge on any atom is 0.282 e. The van der Waals surface area contributed by atoms with Crippen LogP contribution in [0.3, 0.4) is 0 Å². The number of nitrogens with one attached hydrogen (secondary N) is 1. The first-order valence-electron chi connectivity index (χ1n) is 5.25. The van der Waals surface area contributed by atoms with Gasteiger partial charge in [-0.1, -0.05) is 6.92 Å². The SMILES string of the molecule is CCC(CO)n1c(=S)[nH]c2nccnc2c1=O. The van der Waals surface area contributed by atoms with Gasteiger partial charge in [0.15, 0.2) is 15.9 Å². The summed E-state index contributed by atoms with van der Waals surface area (Å²) in [6.45, 7) is 1.74. The minimum Gasteiger partial charge on any atom is -0.394 e. The van der Waals surface area contributed by atoms with Crippen molar-refractivity contribution in [1.82, 2.24) is 19.5 Å². The van der Waals surface area contributed by atoms with Crippen LogP contribution in [0.25, 0.3) is 11.2 Å². The van der Waals surface area contributed by atoms with E-state index < -0.39 is 0 Å². The highest BCUT2D eigenvalue weighted by Gasteiger charge is 2.14. The van der Waals surface area contributed by atoms with Crippen molar-refractivity contribution in [2.45, 2.75) is 19.4 Å². The van der Waals surface area contributed by atoms with E-state index in [9.17, 15) is 9.90 Å². The van der Waals surface area contributed by atoms with Gasteiger partial charge in [0, 0.05) is 12.4 Å². The molecule has 17 heavy (non-hydrogen) atoms. The van der Waals surface area contributed by atoms with Gasteiger partial charge in [-0.2, -0.15) is 0 Å². The molecule has 2 rings (SSSR count). The van der Waals surface area contributed by atoms with Crippen LogP contribution in [0.4, 0.5) is 0 Å². The number of aliphatic hydroxyl groups excluding tert-OH is 1. The van der Waals surface area contributed by atoms with Crippen molar-refractivity contribution in [2.24, 2.45) is 0 Å². The molecule has 1 unspecified atom stereocenters. The molecule has 0 spiro atoms.